The van der Waals surface area contributed by atoms with Gasteiger partial charge in [0.25, 0.3) is 5.91 Å². The Bertz CT molecular complexity index is 935. The molecule has 0 bridgehead atoms. The Kier molecular flexibility index (Phi) is 6.31. The summed E-state index contributed by atoms with van der Waals surface area (Å²) in [5, 5.41) is 13.8. The van der Waals surface area contributed by atoms with Crippen LogP contribution in [0.3, 0.4) is 0 Å². The zero-order valence-corrected chi connectivity index (χ0v) is 16.4. The van der Waals surface area contributed by atoms with Gasteiger partial charge in [-0.25, -0.2) is 5.43 Å². The summed E-state index contributed by atoms with van der Waals surface area (Å²) in [5.41, 5.74) is 4.04. The van der Waals surface area contributed by atoms with Crippen LogP contribution in [-0.2, 0) is 11.3 Å². The lowest BCUT2D eigenvalue weighted by Gasteiger charge is -2.07. The van der Waals surface area contributed by atoms with Gasteiger partial charge in [-0.15, -0.1) is 10.2 Å². The van der Waals surface area contributed by atoms with Crippen molar-refractivity contribution in [3.05, 3.63) is 53.4 Å². The van der Waals surface area contributed by atoms with E-state index in [9.17, 15) is 4.79 Å². The number of carbonyl (C=O) groups is 1. The Morgan fingerprint density at radius 1 is 1.30 bits per heavy atom. The maximum Gasteiger partial charge on any atom is 0.250 e. The lowest BCUT2D eigenvalue weighted by molar-refractivity contribution is -0.118. The normalized spacial score (nSPS) is 11.6. The van der Waals surface area contributed by atoms with Crippen LogP contribution in [0.5, 0.6) is 0 Å². The molecule has 9 heteroatoms. The molecule has 2 aromatic heterocycles. The number of carbonyl (C=O) groups excluding carboxylic acids is 1. The Balaban J connectivity index is 1.63. The van der Waals surface area contributed by atoms with E-state index in [4.69, 9.17) is 16.0 Å². The van der Waals surface area contributed by atoms with Gasteiger partial charge >= 0.3 is 0 Å². The van der Waals surface area contributed by atoms with Crippen molar-refractivity contribution in [1.29, 1.82) is 0 Å². The number of nitrogens with one attached hydrogen (secondary N) is 1. The van der Waals surface area contributed by atoms with E-state index in [-0.39, 0.29) is 11.7 Å². The van der Waals surface area contributed by atoms with Crippen molar-refractivity contribution in [3.63, 3.8) is 0 Å². The summed E-state index contributed by atoms with van der Waals surface area (Å²) in [6.45, 7) is 4.45. The summed E-state index contributed by atoms with van der Waals surface area (Å²) >= 11 is 7.25. The molecule has 0 radical (unpaired) electrons. The summed E-state index contributed by atoms with van der Waals surface area (Å²) in [7, 11) is 0. The lowest BCUT2D eigenvalue weighted by atomic mass is 10.2. The highest BCUT2D eigenvalue weighted by molar-refractivity contribution is 7.99. The number of halogens is 1. The second-order valence-corrected chi connectivity index (χ2v) is 6.93. The van der Waals surface area contributed by atoms with Gasteiger partial charge in [0.05, 0.1) is 12.0 Å². The van der Waals surface area contributed by atoms with Gasteiger partial charge in [0.2, 0.25) is 0 Å². The predicted molar refractivity (Wildman–Crippen MR) is 106 cm³/mol. The van der Waals surface area contributed by atoms with Crippen LogP contribution in [0, 0.1) is 0 Å². The molecule has 0 atom stereocenters. The molecule has 140 valence electrons. The molecular weight excluding hydrogens is 386 g/mol. The van der Waals surface area contributed by atoms with Gasteiger partial charge in [0, 0.05) is 17.1 Å². The highest BCUT2D eigenvalue weighted by atomic mass is 35.5. The number of hydrazone groups is 1. The number of thioether (sulfide) groups is 1. The Hall–Kier alpha value is -2.58. The average molecular weight is 404 g/mol. The van der Waals surface area contributed by atoms with Crippen LogP contribution >= 0.6 is 23.4 Å². The first kappa shape index (κ1) is 19.2. The fraction of sp³-hybridized carbons (Fsp3) is 0.222. The van der Waals surface area contributed by atoms with Crippen molar-refractivity contribution >= 4 is 35.0 Å². The molecule has 1 aromatic carbocycles. The number of rotatable bonds is 7. The molecule has 0 unspecified atom stereocenters. The SMILES string of the molecule is CCn1c(SCC(=O)N/N=C(/C)c2ccco2)nnc1-c1ccc(Cl)cc1. The van der Waals surface area contributed by atoms with Crippen molar-refractivity contribution in [1.82, 2.24) is 20.2 Å². The van der Waals surface area contributed by atoms with Gasteiger partial charge in [0.15, 0.2) is 11.0 Å². The third kappa shape index (κ3) is 4.78. The van der Waals surface area contributed by atoms with Gasteiger partial charge in [-0.1, -0.05) is 23.4 Å². The summed E-state index contributed by atoms with van der Waals surface area (Å²) < 4.78 is 7.18. The highest BCUT2D eigenvalue weighted by Crippen LogP contribution is 2.25. The van der Waals surface area contributed by atoms with Crippen LogP contribution in [0.15, 0.2) is 57.3 Å². The summed E-state index contributed by atoms with van der Waals surface area (Å²) in [6.07, 6.45) is 1.56. The van der Waals surface area contributed by atoms with Crippen molar-refractivity contribution in [3.8, 4) is 11.4 Å². The number of aromatic nitrogens is 3. The maximum absolute atomic E-state index is 12.1. The number of hydrogen-bond acceptors (Lipinski definition) is 6. The van der Waals surface area contributed by atoms with Crippen LogP contribution in [-0.4, -0.2) is 32.1 Å². The number of amides is 1. The van der Waals surface area contributed by atoms with Crippen molar-refractivity contribution < 1.29 is 9.21 Å². The Morgan fingerprint density at radius 3 is 2.74 bits per heavy atom. The minimum absolute atomic E-state index is 0.174. The van der Waals surface area contributed by atoms with Gasteiger partial charge < -0.3 is 8.98 Å². The molecule has 7 nitrogen and oxygen atoms in total. The zero-order valence-electron chi connectivity index (χ0n) is 14.8. The van der Waals surface area contributed by atoms with Gasteiger partial charge in [-0.3, -0.25) is 4.79 Å². The van der Waals surface area contributed by atoms with E-state index >= 15 is 0 Å². The molecule has 0 spiro atoms. The standard InChI is InChI=1S/C18H18ClN5O2S/c1-3-24-17(13-6-8-14(19)9-7-13)22-23-18(24)27-11-16(25)21-20-12(2)15-5-4-10-26-15/h4-10H,3,11H2,1-2H3,(H,21,25)/b20-12-. The van der Waals surface area contributed by atoms with E-state index in [2.05, 4.69) is 20.7 Å². The quantitative estimate of drug-likeness (QED) is 0.368. The topological polar surface area (TPSA) is 85.3 Å². The van der Waals surface area contributed by atoms with E-state index < -0.39 is 0 Å². The summed E-state index contributed by atoms with van der Waals surface area (Å²) in [4.78, 5) is 12.1. The first-order valence-corrected chi connectivity index (χ1v) is 9.63. The molecule has 3 rings (SSSR count). The predicted octanol–water partition coefficient (Wildman–Crippen LogP) is 3.84. The number of hydrogen-bond donors (Lipinski definition) is 1. The molecular formula is C18H18ClN5O2S. The first-order chi connectivity index (χ1) is 13.1. The third-order valence-corrected chi connectivity index (χ3v) is 4.91. The summed E-state index contributed by atoms with van der Waals surface area (Å²) in [6, 6.07) is 11.0. The number of furan rings is 1. The molecule has 1 N–H and O–H groups in total. The summed E-state index contributed by atoms with van der Waals surface area (Å²) in [5.74, 6) is 1.29. The average Bonchev–Trinajstić information content (AvgIpc) is 3.34. The van der Waals surface area contributed by atoms with Gasteiger partial charge in [-0.05, 0) is 50.2 Å². The van der Waals surface area contributed by atoms with Crippen LogP contribution in [0.25, 0.3) is 11.4 Å². The zero-order chi connectivity index (χ0) is 19.2. The Morgan fingerprint density at radius 2 is 2.07 bits per heavy atom. The molecule has 1 amide bonds. The van der Waals surface area contributed by atoms with Gasteiger partial charge in [0.1, 0.15) is 11.5 Å². The maximum atomic E-state index is 12.1. The fourth-order valence-electron chi connectivity index (χ4n) is 2.34. The molecule has 0 fully saturated rings. The monoisotopic (exact) mass is 403 g/mol. The Labute approximate surface area is 165 Å². The minimum Gasteiger partial charge on any atom is -0.463 e. The second-order valence-electron chi connectivity index (χ2n) is 5.56. The smallest absolute Gasteiger partial charge is 0.250 e. The third-order valence-electron chi connectivity index (χ3n) is 3.69. The first-order valence-electron chi connectivity index (χ1n) is 8.27. The van der Waals surface area contributed by atoms with E-state index in [1.54, 1.807) is 25.3 Å². The second kappa shape index (κ2) is 8.88. The molecule has 0 saturated carbocycles. The van der Waals surface area contributed by atoms with E-state index in [1.165, 1.54) is 11.8 Å². The van der Waals surface area contributed by atoms with E-state index in [0.29, 0.717) is 28.2 Å². The van der Waals surface area contributed by atoms with E-state index in [1.807, 2.05) is 35.8 Å². The molecule has 0 aliphatic rings. The van der Waals surface area contributed by atoms with Crippen LogP contribution < -0.4 is 5.43 Å². The van der Waals surface area contributed by atoms with Crippen molar-refractivity contribution in [2.24, 2.45) is 5.10 Å². The molecule has 0 aliphatic heterocycles. The molecule has 3 aromatic rings. The van der Waals surface area contributed by atoms with Gasteiger partial charge in [-0.2, -0.15) is 5.10 Å². The largest absolute Gasteiger partial charge is 0.463 e. The van der Waals surface area contributed by atoms with Crippen molar-refractivity contribution in [2.45, 2.75) is 25.5 Å². The molecule has 0 aliphatic carbocycles. The lowest BCUT2D eigenvalue weighted by Crippen LogP contribution is -2.21. The number of nitrogens with zero attached hydrogens (tertiary/aromatic N) is 4. The fourth-order valence-corrected chi connectivity index (χ4v) is 3.26. The molecule has 27 heavy (non-hydrogen) atoms. The number of benzene rings is 1. The minimum atomic E-state index is -0.232. The van der Waals surface area contributed by atoms with E-state index in [0.717, 1.165) is 11.4 Å². The van der Waals surface area contributed by atoms with Crippen molar-refractivity contribution in [2.75, 3.05) is 5.75 Å². The molecule has 2 heterocycles. The molecule has 0 saturated heterocycles. The van der Waals surface area contributed by atoms with Crippen LogP contribution in [0.4, 0.5) is 0 Å². The van der Waals surface area contributed by atoms with Crippen LogP contribution in [0.1, 0.15) is 19.6 Å². The highest BCUT2D eigenvalue weighted by Gasteiger charge is 2.14. The van der Waals surface area contributed by atoms with Crippen LogP contribution in [0.2, 0.25) is 5.02 Å².